The summed E-state index contributed by atoms with van der Waals surface area (Å²) in [5, 5.41) is 3.13. The molecule has 4 heteroatoms. The summed E-state index contributed by atoms with van der Waals surface area (Å²) in [6.07, 6.45) is 0. The number of carbonyl (C=O) groups excluding carboxylic acids is 1. The first kappa shape index (κ1) is 13.4. The van der Waals surface area contributed by atoms with Crippen LogP contribution in [0, 0.1) is 6.92 Å². The molecule has 0 radical (unpaired) electrons. The van der Waals surface area contributed by atoms with E-state index in [9.17, 15) is 4.79 Å². The van der Waals surface area contributed by atoms with E-state index in [-0.39, 0.29) is 5.91 Å². The van der Waals surface area contributed by atoms with Crippen LogP contribution in [0.2, 0.25) is 0 Å². The van der Waals surface area contributed by atoms with Crippen LogP contribution < -0.4 is 10.1 Å². The fraction of sp³-hybridized carbons (Fsp3) is 0.462. The lowest BCUT2D eigenvalue weighted by Crippen LogP contribution is -2.31. The molecule has 0 spiro atoms. The SMILES string of the molecule is CCN(C)C(=O)CNc1ccc(OC)cc1C. The lowest BCUT2D eigenvalue weighted by Gasteiger charge is -2.16. The number of methoxy groups -OCH3 is 1. The molecule has 1 amide bonds. The van der Waals surface area contributed by atoms with Crippen molar-refractivity contribution in [3.05, 3.63) is 23.8 Å². The number of amides is 1. The summed E-state index contributed by atoms with van der Waals surface area (Å²) in [5.74, 6) is 0.910. The predicted molar refractivity (Wildman–Crippen MR) is 69.5 cm³/mol. The van der Waals surface area contributed by atoms with Crippen LogP contribution in [-0.4, -0.2) is 38.1 Å². The normalized spacial score (nSPS) is 9.88. The van der Waals surface area contributed by atoms with Crippen LogP contribution in [-0.2, 0) is 4.79 Å². The summed E-state index contributed by atoms with van der Waals surface area (Å²) < 4.78 is 5.13. The number of carbonyl (C=O) groups is 1. The minimum atomic E-state index is 0.0859. The first-order valence-corrected chi connectivity index (χ1v) is 5.71. The highest BCUT2D eigenvalue weighted by molar-refractivity contribution is 5.80. The predicted octanol–water partition coefficient (Wildman–Crippen LogP) is 1.89. The van der Waals surface area contributed by atoms with Gasteiger partial charge in [0.1, 0.15) is 5.75 Å². The lowest BCUT2D eigenvalue weighted by atomic mass is 10.2. The van der Waals surface area contributed by atoms with Gasteiger partial charge in [-0.05, 0) is 37.6 Å². The van der Waals surface area contributed by atoms with Crippen molar-refractivity contribution < 1.29 is 9.53 Å². The Balaban J connectivity index is 2.61. The van der Waals surface area contributed by atoms with Crippen molar-refractivity contribution in [1.82, 2.24) is 4.90 Å². The minimum Gasteiger partial charge on any atom is -0.497 e. The van der Waals surface area contributed by atoms with E-state index in [0.717, 1.165) is 23.5 Å². The maximum Gasteiger partial charge on any atom is 0.241 e. The average molecular weight is 236 g/mol. The molecule has 1 aromatic carbocycles. The van der Waals surface area contributed by atoms with Crippen molar-refractivity contribution in [3.8, 4) is 5.75 Å². The molecule has 1 N–H and O–H groups in total. The van der Waals surface area contributed by atoms with Gasteiger partial charge in [0, 0.05) is 19.3 Å². The fourth-order valence-electron chi connectivity index (χ4n) is 1.44. The van der Waals surface area contributed by atoms with Gasteiger partial charge in [0.05, 0.1) is 13.7 Å². The Labute approximate surface area is 103 Å². The van der Waals surface area contributed by atoms with Gasteiger partial charge in [0.25, 0.3) is 0 Å². The van der Waals surface area contributed by atoms with Crippen LogP contribution in [0.4, 0.5) is 5.69 Å². The van der Waals surface area contributed by atoms with Gasteiger partial charge in [-0.2, -0.15) is 0 Å². The molecule has 0 saturated carbocycles. The van der Waals surface area contributed by atoms with Crippen LogP contribution in [0.5, 0.6) is 5.75 Å². The molecule has 0 aliphatic carbocycles. The number of aryl methyl sites for hydroxylation is 1. The zero-order valence-corrected chi connectivity index (χ0v) is 10.9. The number of rotatable bonds is 5. The highest BCUT2D eigenvalue weighted by Gasteiger charge is 2.07. The molecule has 17 heavy (non-hydrogen) atoms. The fourth-order valence-corrected chi connectivity index (χ4v) is 1.44. The molecule has 4 nitrogen and oxygen atoms in total. The van der Waals surface area contributed by atoms with Crippen molar-refractivity contribution in [1.29, 1.82) is 0 Å². The molecule has 0 fully saturated rings. The van der Waals surface area contributed by atoms with Gasteiger partial charge in [0.15, 0.2) is 0 Å². The Morgan fingerprint density at radius 2 is 2.18 bits per heavy atom. The van der Waals surface area contributed by atoms with E-state index >= 15 is 0 Å². The van der Waals surface area contributed by atoms with E-state index in [1.165, 1.54) is 0 Å². The van der Waals surface area contributed by atoms with Crippen LogP contribution in [0.1, 0.15) is 12.5 Å². The summed E-state index contributed by atoms with van der Waals surface area (Å²) in [5.41, 5.74) is 2.03. The van der Waals surface area contributed by atoms with Gasteiger partial charge in [-0.25, -0.2) is 0 Å². The maximum absolute atomic E-state index is 11.6. The Morgan fingerprint density at radius 1 is 1.47 bits per heavy atom. The van der Waals surface area contributed by atoms with Gasteiger partial charge in [-0.3, -0.25) is 4.79 Å². The molecule has 0 heterocycles. The summed E-state index contributed by atoms with van der Waals surface area (Å²) >= 11 is 0. The first-order valence-electron chi connectivity index (χ1n) is 5.71. The lowest BCUT2D eigenvalue weighted by molar-refractivity contribution is -0.127. The third-order valence-electron chi connectivity index (χ3n) is 2.76. The van der Waals surface area contributed by atoms with Crippen molar-refractivity contribution >= 4 is 11.6 Å². The molecule has 1 rings (SSSR count). The van der Waals surface area contributed by atoms with E-state index in [1.54, 1.807) is 19.1 Å². The summed E-state index contributed by atoms with van der Waals surface area (Å²) in [7, 11) is 3.44. The van der Waals surface area contributed by atoms with Gasteiger partial charge >= 0.3 is 0 Å². The monoisotopic (exact) mass is 236 g/mol. The third-order valence-corrected chi connectivity index (χ3v) is 2.76. The number of hydrogen-bond acceptors (Lipinski definition) is 3. The second-order valence-corrected chi connectivity index (χ2v) is 3.94. The smallest absolute Gasteiger partial charge is 0.241 e. The highest BCUT2D eigenvalue weighted by atomic mass is 16.5. The molecule has 0 bridgehead atoms. The number of benzene rings is 1. The highest BCUT2D eigenvalue weighted by Crippen LogP contribution is 2.20. The second kappa shape index (κ2) is 6.13. The molecule has 94 valence electrons. The second-order valence-electron chi connectivity index (χ2n) is 3.94. The van der Waals surface area contributed by atoms with Crippen LogP contribution in [0.25, 0.3) is 0 Å². The number of hydrogen-bond donors (Lipinski definition) is 1. The molecule has 0 unspecified atom stereocenters. The number of nitrogens with one attached hydrogen (secondary N) is 1. The molecular formula is C13H20N2O2. The zero-order chi connectivity index (χ0) is 12.8. The third kappa shape index (κ3) is 3.66. The molecule has 0 atom stereocenters. The molecular weight excluding hydrogens is 216 g/mol. The summed E-state index contributed by atoms with van der Waals surface area (Å²) in [6.45, 7) is 4.98. The van der Waals surface area contributed by atoms with E-state index in [1.807, 2.05) is 32.0 Å². The van der Waals surface area contributed by atoms with Crippen LogP contribution >= 0.6 is 0 Å². The number of ether oxygens (including phenoxy) is 1. The Kier molecular flexibility index (Phi) is 4.82. The maximum atomic E-state index is 11.6. The van der Waals surface area contributed by atoms with Crippen molar-refractivity contribution in [2.75, 3.05) is 32.6 Å². The van der Waals surface area contributed by atoms with Gasteiger partial charge in [-0.1, -0.05) is 0 Å². The summed E-state index contributed by atoms with van der Waals surface area (Å²) in [4.78, 5) is 13.3. The van der Waals surface area contributed by atoms with E-state index < -0.39 is 0 Å². The molecule has 1 aromatic rings. The number of nitrogens with zero attached hydrogens (tertiary/aromatic N) is 1. The standard InChI is InChI=1S/C13H20N2O2/c1-5-15(3)13(16)9-14-12-7-6-11(17-4)8-10(12)2/h6-8,14H,5,9H2,1-4H3. The first-order chi connectivity index (χ1) is 8.08. The number of likely N-dealkylation sites (N-methyl/N-ethyl adjacent to an activating group) is 1. The van der Waals surface area contributed by atoms with E-state index in [0.29, 0.717) is 6.54 Å². The van der Waals surface area contributed by atoms with E-state index in [2.05, 4.69) is 5.32 Å². The molecule has 0 saturated heterocycles. The minimum absolute atomic E-state index is 0.0859. The number of anilines is 1. The molecule has 0 aliphatic heterocycles. The van der Waals surface area contributed by atoms with Gasteiger partial charge in [0.2, 0.25) is 5.91 Å². The van der Waals surface area contributed by atoms with Crippen LogP contribution in [0.3, 0.4) is 0 Å². The van der Waals surface area contributed by atoms with Gasteiger partial charge in [-0.15, -0.1) is 0 Å². The largest absolute Gasteiger partial charge is 0.497 e. The van der Waals surface area contributed by atoms with Gasteiger partial charge < -0.3 is 15.0 Å². The van der Waals surface area contributed by atoms with Crippen molar-refractivity contribution in [3.63, 3.8) is 0 Å². The topological polar surface area (TPSA) is 41.6 Å². The molecule has 0 aromatic heterocycles. The summed E-state index contributed by atoms with van der Waals surface area (Å²) in [6, 6.07) is 5.74. The Bertz CT molecular complexity index is 391. The van der Waals surface area contributed by atoms with Crippen molar-refractivity contribution in [2.24, 2.45) is 0 Å². The van der Waals surface area contributed by atoms with Crippen molar-refractivity contribution in [2.45, 2.75) is 13.8 Å². The Morgan fingerprint density at radius 3 is 2.71 bits per heavy atom. The van der Waals surface area contributed by atoms with Crippen LogP contribution in [0.15, 0.2) is 18.2 Å². The average Bonchev–Trinajstić information content (AvgIpc) is 2.35. The van der Waals surface area contributed by atoms with E-state index in [4.69, 9.17) is 4.74 Å². The quantitative estimate of drug-likeness (QED) is 0.849. The Hall–Kier alpha value is -1.71. The zero-order valence-electron chi connectivity index (χ0n) is 10.9. The molecule has 0 aliphatic rings.